The molecule has 0 aromatic carbocycles. The first-order chi connectivity index (χ1) is 13.3. The Morgan fingerprint density at radius 1 is 1.29 bits per heavy atom. The van der Waals surface area contributed by atoms with Crippen LogP contribution in [0.1, 0.15) is 41.8 Å². The van der Waals surface area contributed by atoms with Gasteiger partial charge < -0.3 is 19.5 Å². The maximum atomic E-state index is 13.1. The first-order valence-corrected chi connectivity index (χ1v) is 9.97. The van der Waals surface area contributed by atoms with Crippen molar-refractivity contribution in [2.75, 3.05) is 26.2 Å². The van der Waals surface area contributed by atoms with E-state index < -0.39 is 0 Å². The van der Waals surface area contributed by atoms with Gasteiger partial charge in [-0.3, -0.25) is 19.3 Å². The van der Waals surface area contributed by atoms with Gasteiger partial charge in [0.05, 0.1) is 12.7 Å². The van der Waals surface area contributed by atoms with Gasteiger partial charge in [-0.25, -0.2) is 0 Å². The minimum atomic E-state index is -0.299. The first kappa shape index (κ1) is 19.1. The molecule has 2 fully saturated rings. The number of hydrogen-bond acceptors (Lipinski definition) is 5. The molecule has 1 aromatic rings. The molecule has 4 heterocycles. The molecule has 0 unspecified atom stereocenters. The highest BCUT2D eigenvalue weighted by Gasteiger charge is 2.37. The zero-order valence-electron chi connectivity index (χ0n) is 16.7. The number of amides is 2. The summed E-state index contributed by atoms with van der Waals surface area (Å²) in [5.41, 5.74) is 1.61. The quantitative estimate of drug-likeness (QED) is 0.764. The second kappa shape index (κ2) is 7.33. The van der Waals surface area contributed by atoms with Crippen molar-refractivity contribution in [1.29, 1.82) is 0 Å². The van der Waals surface area contributed by atoms with Crippen LogP contribution in [0.2, 0.25) is 0 Å². The number of aromatic nitrogens is 1. The van der Waals surface area contributed by atoms with Gasteiger partial charge in [-0.1, -0.05) is 0 Å². The molecule has 8 heteroatoms. The van der Waals surface area contributed by atoms with Gasteiger partial charge in [0.1, 0.15) is 5.56 Å². The number of fused-ring (bicyclic) bond motifs is 2. The van der Waals surface area contributed by atoms with E-state index in [1.807, 2.05) is 0 Å². The highest BCUT2D eigenvalue weighted by molar-refractivity contribution is 5.96. The molecule has 1 N–H and O–H groups in total. The topological polar surface area (TPSA) is 83.9 Å². The third-order valence-electron chi connectivity index (χ3n) is 6.17. The highest BCUT2D eigenvalue weighted by Crippen LogP contribution is 2.24. The van der Waals surface area contributed by atoms with E-state index in [0.29, 0.717) is 32.2 Å². The SMILES string of the molecule is CC(=O)N1CCc2c(cn(C)c(=O)c2C(=O)N[C@@H]2C[C@H]3CO[C@@H](C)CN3C2)C1. The predicted molar refractivity (Wildman–Crippen MR) is 103 cm³/mol. The molecule has 3 aliphatic rings. The number of rotatable bonds is 2. The van der Waals surface area contributed by atoms with E-state index in [1.54, 1.807) is 25.1 Å². The third-order valence-corrected chi connectivity index (χ3v) is 6.17. The first-order valence-electron chi connectivity index (χ1n) is 9.97. The largest absolute Gasteiger partial charge is 0.376 e. The second-order valence-electron chi connectivity index (χ2n) is 8.27. The van der Waals surface area contributed by atoms with Crippen molar-refractivity contribution in [1.82, 2.24) is 19.7 Å². The zero-order chi connectivity index (χ0) is 20.0. The minimum absolute atomic E-state index is 0.00422. The van der Waals surface area contributed by atoms with Gasteiger partial charge in [-0.15, -0.1) is 0 Å². The molecule has 2 saturated heterocycles. The lowest BCUT2D eigenvalue weighted by Crippen LogP contribution is -2.45. The summed E-state index contributed by atoms with van der Waals surface area (Å²) in [7, 11) is 1.65. The van der Waals surface area contributed by atoms with Crippen molar-refractivity contribution in [2.45, 2.75) is 51.4 Å². The average Bonchev–Trinajstić information content (AvgIpc) is 3.03. The Labute approximate surface area is 164 Å². The average molecular weight is 388 g/mol. The van der Waals surface area contributed by atoms with E-state index in [2.05, 4.69) is 17.1 Å². The fourth-order valence-corrected chi connectivity index (χ4v) is 4.69. The number of carbonyl (C=O) groups is 2. The summed E-state index contributed by atoms with van der Waals surface area (Å²) in [5, 5.41) is 3.09. The summed E-state index contributed by atoms with van der Waals surface area (Å²) in [6, 6.07) is 0.349. The summed E-state index contributed by atoms with van der Waals surface area (Å²) >= 11 is 0. The van der Waals surface area contributed by atoms with E-state index in [-0.39, 0.29) is 35.1 Å². The van der Waals surface area contributed by atoms with Crippen LogP contribution in [0.3, 0.4) is 0 Å². The smallest absolute Gasteiger partial charge is 0.263 e. The Kier molecular flexibility index (Phi) is 5.01. The molecule has 0 bridgehead atoms. The number of nitrogens with zero attached hydrogens (tertiary/aromatic N) is 3. The molecule has 152 valence electrons. The molecule has 3 atom stereocenters. The Morgan fingerprint density at radius 2 is 2.07 bits per heavy atom. The summed E-state index contributed by atoms with van der Waals surface area (Å²) in [6.45, 7) is 6.93. The van der Waals surface area contributed by atoms with Crippen LogP contribution < -0.4 is 10.9 Å². The van der Waals surface area contributed by atoms with Crippen molar-refractivity contribution in [3.05, 3.63) is 33.2 Å². The summed E-state index contributed by atoms with van der Waals surface area (Å²) in [4.78, 5) is 41.7. The van der Waals surface area contributed by atoms with Crippen molar-refractivity contribution in [3.63, 3.8) is 0 Å². The van der Waals surface area contributed by atoms with Crippen LogP contribution in [0.5, 0.6) is 0 Å². The van der Waals surface area contributed by atoms with Crippen LogP contribution >= 0.6 is 0 Å². The van der Waals surface area contributed by atoms with Gasteiger partial charge >= 0.3 is 0 Å². The van der Waals surface area contributed by atoms with E-state index >= 15 is 0 Å². The Hall–Kier alpha value is -2.19. The van der Waals surface area contributed by atoms with Crippen LogP contribution in [-0.2, 0) is 29.5 Å². The minimum Gasteiger partial charge on any atom is -0.376 e. The molecule has 28 heavy (non-hydrogen) atoms. The summed E-state index contributed by atoms with van der Waals surface area (Å²) in [5.74, 6) is -0.294. The van der Waals surface area contributed by atoms with Crippen molar-refractivity contribution < 1.29 is 14.3 Å². The lowest BCUT2D eigenvalue weighted by atomic mass is 9.96. The van der Waals surface area contributed by atoms with Crippen molar-refractivity contribution >= 4 is 11.8 Å². The van der Waals surface area contributed by atoms with E-state index in [9.17, 15) is 14.4 Å². The van der Waals surface area contributed by atoms with Gasteiger partial charge in [-0.05, 0) is 30.9 Å². The summed E-state index contributed by atoms with van der Waals surface area (Å²) < 4.78 is 7.18. The van der Waals surface area contributed by atoms with Gasteiger partial charge in [0.15, 0.2) is 0 Å². The van der Waals surface area contributed by atoms with Crippen LogP contribution in [0.4, 0.5) is 0 Å². The Bertz CT molecular complexity index is 864. The molecule has 0 saturated carbocycles. The fourth-order valence-electron chi connectivity index (χ4n) is 4.69. The predicted octanol–water partition coefficient (Wildman–Crippen LogP) is -0.119. The number of hydrogen-bond donors (Lipinski definition) is 1. The number of pyridine rings is 1. The molecule has 4 rings (SSSR count). The van der Waals surface area contributed by atoms with Crippen LogP contribution in [0.25, 0.3) is 0 Å². The zero-order valence-corrected chi connectivity index (χ0v) is 16.7. The van der Waals surface area contributed by atoms with Gasteiger partial charge in [0.2, 0.25) is 5.91 Å². The van der Waals surface area contributed by atoms with E-state index in [0.717, 1.165) is 30.6 Å². The number of nitrogens with one attached hydrogen (secondary N) is 1. The molecule has 2 amide bonds. The highest BCUT2D eigenvalue weighted by atomic mass is 16.5. The van der Waals surface area contributed by atoms with E-state index in [1.165, 1.54) is 4.57 Å². The standard InChI is InChI=1S/C20H28N4O4/c1-12-7-24-10-15(6-16(24)11-28-12)21-19(26)18-17-4-5-23(13(2)25)9-14(17)8-22(3)20(18)27/h8,12,15-16H,4-7,9-11H2,1-3H3,(H,21,26)/t12-,15+,16-/m0/s1. The molecule has 0 radical (unpaired) electrons. The lowest BCUT2D eigenvalue weighted by molar-refractivity contribution is -0.129. The molecule has 1 aromatic heterocycles. The maximum absolute atomic E-state index is 13.1. The molecule has 3 aliphatic heterocycles. The number of ether oxygens (including phenoxy) is 1. The van der Waals surface area contributed by atoms with Crippen LogP contribution in [0.15, 0.2) is 11.0 Å². The fraction of sp³-hybridized carbons (Fsp3) is 0.650. The van der Waals surface area contributed by atoms with Crippen LogP contribution in [0, 0.1) is 0 Å². The monoisotopic (exact) mass is 388 g/mol. The van der Waals surface area contributed by atoms with Gasteiger partial charge in [-0.2, -0.15) is 0 Å². The normalized spacial score (nSPS) is 27.2. The Morgan fingerprint density at radius 3 is 2.82 bits per heavy atom. The van der Waals surface area contributed by atoms with Crippen LogP contribution in [-0.4, -0.2) is 70.6 Å². The van der Waals surface area contributed by atoms with Gasteiger partial charge in [0, 0.05) is 58.4 Å². The number of carbonyl (C=O) groups excluding carboxylic acids is 2. The lowest BCUT2D eigenvalue weighted by Gasteiger charge is -2.33. The summed E-state index contributed by atoms with van der Waals surface area (Å²) in [6.07, 6.45) is 3.33. The molecule has 0 spiro atoms. The molecular weight excluding hydrogens is 360 g/mol. The van der Waals surface area contributed by atoms with Crippen molar-refractivity contribution in [2.24, 2.45) is 7.05 Å². The second-order valence-corrected chi connectivity index (χ2v) is 8.27. The van der Waals surface area contributed by atoms with Gasteiger partial charge in [0.25, 0.3) is 11.5 Å². The van der Waals surface area contributed by atoms with E-state index in [4.69, 9.17) is 4.74 Å². The Balaban J connectivity index is 1.55. The number of aryl methyl sites for hydroxylation is 1. The third kappa shape index (κ3) is 3.46. The van der Waals surface area contributed by atoms with Crippen molar-refractivity contribution in [3.8, 4) is 0 Å². The molecular formula is C20H28N4O4. The molecule has 8 nitrogen and oxygen atoms in total. The number of morpholine rings is 1. The maximum Gasteiger partial charge on any atom is 0.263 e. The molecule has 0 aliphatic carbocycles.